The predicted octanol–water partition coefficient (Wildman–Crippen LogP) is 4.07. The lowest BCUT2D eigenvalue weighted by molar-refractivity contribution is 0.394. The van der Waals surface area contributed by atoms with Crippen LogP contribution in [0.15, 0.2) is 30.3 Å². The van der Waals surface area contributed by atoms with E-state index < -0.39 is 0 Å². The number of rotatable bonds is 6. The number of unbranched alkanes of at least 4 members (excludes halogenated alkanes) is 1. The van der Waals surface area contributed by atoms with Gasteiger partial charge in [-0.3, -0.25) is 0 Å². The Morgan fingerprint density at radius 2 is 1.93 bits per heavy atom. The lowest BCUT2D eigenvalue weighted by Crippen LogP contribution is -2.26. The predicted molar refractivity (Wildman–Crippen MR) is 75.2 cm³/mol. The van der Waals surface area contributed by atoms with Gasteiger partial charge in [-0.25, -0.2) is 3.11 Å². The molecule has 0 aliphatic carbocycles. The first-order valence-corrected chi connectivity index (χ1v) is 6.67. The van der Waals surface area contributed by atoms with Gasteiger partial charge < -0.3 is 0 Å². The molecule has 0 aromatic heterocycles. The van der Waals surface area contributed by atoms with E-state index in [0.717, 1.165) is 6.42 Å². The van der Waals surface area contributed by atoms with Gasteiger partial charge in [-0.2, -0.15) is 0 Å². The summed E-state index contributed by atoms with van der Waals surface area (Å²) in [5, 5.41) is 0. The van der Waals surface area contributed by atoms with Crippen LogP contribution in [0, 0.1) is 0 Å². The van der Waals surface area contributed by atoms with Gasteiger partial charge in [-0.15, -0.1) is 0 Å². The number of hydrogen-bond acceptors (Lipinski definition) is 1. The molecule has 1 aromatic rings. The maximum atomic E-state index is 2.45. The summed E-state index contributed by atoms with van der Waals surface area (Å²) in [4.78, 5) is 0. The fourth-order valence-electron chi connectivity index (χ4n) is 1.58. The Morgan fingerprint density at radius 3 is 2.53 bits per heavy atom. The van der Waals surface area contributed by atoms with Crippen molar-refractivity contribution in [3.05, 3.63) is 35.9 Å². The van der Waals surface area contributed by atoms with Gasteiger partial charge in [0.1, 0.15) is 0 Å². The van der Waals surface area contributed by atoms with Crippen LogP contribution in [-0.2, 0) is 6.42 Å². The van der Waals surface area contributed by atoms with Crippen molar-refractivity contribution < 1.29 is 0 Å². The third kappa shape index (κ3) is 4.98. The maximum absolute atomic E-state index is 2.45. The average Bonchev–Trinajstić information content (AvgIpc) is 2.27. The molecule has 1 nitrogen and oxygen atoms in total. The third-order valence-corrected chi connectivity index (χ3v) is 4.01. The van der Waals surface area contributed by atoms with Crippen LogP contribution in [0.2, 0.25) is 0 Å². The van der Waals surface area contributed by atoms with E-state index in [1.54, 1.807) is 0 Å². The van der Waals surface area contributed by atoms with Gasteiger partial charge in [0.2, 0.25) is 0 Å². The van der Waals surface area contributed by atoms with Gasteiger partial charge >= 0.3 is 0 Å². The minimum atomic E-state index is 0.625. The number of nitrogens with zero attached hydrogens (tertiary/aromatic N) is 1. The van der Waals surface area contributed by atoms with Gasteiger partial charge in [0.25, 0.3) is 0 Å². The summed E-state index contributed by atoms with van der Waals surface area (Å²) >= 11 is 2.45. The van der Waals surface area contributed by atoms with Crippen molar-refractivity contribution in [2.45, 2.75) is 39.2 Å². The van der Waals surface area contributed by atoms with Gasteiger partial charge in [0.05, 0.1) is 0 Å². The summed E-state index contributed by atoms with van der Waals surface area (Å²) in [7, 11) is 0. The summed E-state index contributed by atoms with van der Waals surface area (Å²) in [6.45, 7) is 5.74. The highest BCUT2D eigenvalue weighted by Crippen LogP contribution is 2.13. The minimum Gasteiger partial charge on any atom is -0.244 e. The highest BCUT2D eigenvalue weighted by molar-refractivity contribution is 14.1. The number of benzene rings is 1. The summed E-state index contributed by atoms with van der Waals surface area (Å²) in [5.74, 6) is 0. The van der Waals surface area contributed by atoms with E-state index in [0.29, 0.717) is 6.04 Å². The van der Waals surface area contributed by atoms with Crippen LogP contribution >= 0.6 is 22.9 Å². The molecule has 1 atom stereocenters. The first-order chi connectivity index (χ1) is 7.24. The number of halogens is 1. The molecular formula is C13H20IN. The van der Waals surface area contributed by atoms with E-state index in [-0.39, 0.29) is 0 Å². The largest absolute Gasteiger partial charge is 0.244 e. The van der Waals surface area contributed by atoms with Crippen molar-refractivity contribution in [1.29, 1.82) is 0 Å². The minimum absolute atomic E-state index is 0.625. The van der Waals surface area contributed by atoms with Gasteiger partial charge in [0.15, 0.2) is 0 Å². The van der Waals surface area contributed by atoms with Crippen molar-refractivity contribution in [2.75, 3.05) is 6.54 Å². The Balaban J connectivity index is 2.38. The topological polar surface area (TPSA) is 3.24 Å². The molecule has 0 spiro atoms. The molecular weight excluding hydrogens is 297 g/mol. The summed E-state index contributed by atoms with van der Waals surface area (Å²) in [6.07, 6.45) is 3.72. The zero-order chi connectivity index (χ0) is 11.1. The molecule has 15 heavy (non-hydrogen) atoms. The molecule has 0 radical (unpaired) electrons. The number of hydrogen-bond donors (Lipinski definition) is 0. The van der Waals surface area contributed by atoms with E-state index in [2.05, 4.69) is 70.2 Å². The van der Waals surface area contributed by atoms with E-state index in [9.17, 15) is 0 Å². The van der Waals surface area contributed by atoms with E-state index in [1.807, 2.05) is 0 Å². The van der Waals surface area contributed by atoms with Gasteiger partial charge in [-0.1, -0.05) is 43.7 Å². The van der Waals surface area contributed by atoms with Crippen LogP contribution in [0.4, 0.5) is 0 Å². The zero-order valence-corrected chi connectivity index (χ0v) is 11.8. The van der Waals surface area contributed by atoms with Crippen LogP contribution < -0.4 is 0 Å². The van der Waals surface area contributed by atoms with Crippen LogP contribution in [0.3, 0.4) is 0 Å². The summed E-state index contributed by atoms with van der Waals surface area (Å²) in [6, 6.07) is 11.4. The Labute approximate surface area is 107 Å². The summed E-state index contributed by atoms with van der Waals surface area (Å²) < 4.78 is 2.42. The monoisotopic (exact) mass is 317 g/mol. The lowest BCUT2D eigenvalue weighted by atomic mass is 10.1. The fraction of sp³-hybridized carbons (Fsp3) is 0.538. The molecule has 84 valence electrons. The first-order valence-electron chi connectivity index (χ1n) is 5.70. The fourth-order valence-corrected chi connectivity index (χ4v) is 2.12. The third-order valence-electron chi connectivity index (χ3n) is 2.58. The average molecular weight is 317 g/mol. The molecule has 1 aromatic carbocycles. The Bertz CT molecular complexity index is 260. The Hall–Kier alpha value is -0.0900. The Kier molecular flexibility index (Phi) is 6.25. The molecule has 0 saturated carbocycles. The van der Waals surface area contributed by atoms with Gasteiger partial charge in [-0.05, 0) is 25.3 Å². The normalized spacial score (nSPS) is 13.1. The standard InChI is InChI=1S/C13H20IN/c1-3-4-10-15(14)12(2)11-13-8-6-5-7-9-13/h5-9,12H,3-4,10-11H2,1-2H3. The van der Waals surface area contributed by atoms with Crippen molar-refractivity contribution in [3.63, 3.8) is 0 Å². The maximum Gasteiger partial charge on any atom is 0.0206 e. The highest BCUT2D eigenvalue weighted by Gasteiger charge is 2.10. The first kappa shape index (κ1) is 13.0. The van der Waals surface area contributed by atoms with Crippen molar-refractivity contribution >= 4 is 22.9 Å². The van der Waals surface area contributed by atoms with E-state index >= 15 is 0 Å². The molecule has 2 heteroatoms. The SMILES string of the molecule is CCCCN(I)C(C)Cc1ccccc1. The molecule has 1 rings (SSSR count). The van der Waals surface area contributed by atoms with Gasteiger partial charge in [0, 0.05) is 35.5 Å². The lowest BCUT2D eigenvalue weighted by Gasteiger charge is -2.22. The van der Waals surface area contributed by atoms with Crippen LogP contribution in [0.1, 0.15) is 32.3 Å². The molecule has 1 unspecified atom stereocenters. The molecule has 0 bridgehead atoms. The molecule has 0 aliphatic rings. The molecule has 0 N–H and O–H groups in total. The second-order valence-electron chi connectivity index (χ2n) is 4.02. The van der Waals surface area contributed by atoms with Crippen LogP contribution in [0.5, 0.6) is 0 Å². The molecule has 0 amide bonds. The Morgan fingerprint density at radius 1 is 1.27 bits per heavy atom. The van der Waals surface area contributed by atoms with Crippen molar-refractivity contribution in [1.82, 2.24) is 3.11 Å². The summed E-state index contributed by atoms with van der Waals surface area (Å²) in [5.41, 5.74) is 1.43. The van der Waals surface area contributed by atoms with Crippen molar-refractivity contribution in [3.8, 4) is 0 Å². The smallest absolute Gasteiger partial charge is 0.0206 e. The molecule has 0 fully saturated rings. The van der Waals surface area contributed by atoms with Crippen molar-refractivity contribution in [2.24, 2.45) is 0 Å². The zero-order valence-electron chi connectivity index (χ0n) is 9.62. The van der Waals surface area contributed by atoms with Crippen LogP contribution in [0.25, 0.3) is 0 Å². The van der Waals surface area contributed by atoms with E-state index in [4.69, 9.17) is 0 Å². The highest BCUT2D eigenvalue weighted by atomic mass is 127. The van der Waals surface area contributed by atoms with Crippen LogP contribution in [-0.4, -0.2) is 15.7 Å². The second-order valence-corrected chi connectivity index (χ2v) is 5.25. The molecule has 0 saturated heterocycles. The quantitative estimate of drug-likeness (QED) is 0.565. The molecule has 0 heterocycles. The second kappa shape index (κ2) is 7.23. The van der Waals surface area contributed by atoms with E-state index in [1.165, 1.54) is 24.9 Å². The molecule has 0 aliphatic heterocycles.